The predicted octanol–water partition coefficient (Wildman–Crippen LogP) is 1.45. The number of carboxylic acids is 1. The zero-order chi connectivity index (χ0) is 13.4. The maximum absolute atomic E-state index is 11.3. The molecule has 19 heavy (non-hydrogen) atoms. The Balaban J connectivity index is 1.89. The maximum atomic E-state index is 11.3. The van der Waals surface area contributed by atoms with Crippen LogP contribution < -0.4 is 4.90 Å². The Morgan fingerprint density at radius 2 is 2.16 bits per heavy atom. The van der Waals surface area contributed by atoms with E-state index in [1.54, 1.807) is 18.5 Å². The number of carbonyl (C=O) groups is 1. The van der Waals surface area contributed by atoms with Gasteiger partial charge in [-0.3, -0.25) is 9.88 Å². The van der Waals surface area contributed by atoms with Gasteiger partial charge in [0.25, 0.3) is 0 Å². The number of rotatable bonds is 2. The number of nitrogens with zero attached hydrogens (tertiary/aromatic N) is 3. The first kappa shape index (κ1) is 12.4. The Labute approximate surface area is 112 Å². The van der Waals surface area contributed by atoms with Gasteiger partial charge in [-0.2, -0.15) is 0 Å². The van der Waals surface area contributed by atoms with E-state index in [0.29, 0.717) is 17.6 Å². The van der Waals surface area contributed by atoms with Crippen molar-refractivity contribution in [2.24, 2.45) is 0 Å². The van der Waals surface area contributed by atoms with Crippen molar-refractivity contribution in [3.05, 3.63) is 24.0 Å². The van der Waals surface area contributed by atoms with E-state index in [2.05, 4.69) is 21.8 Å². The highest BCUT2D eigenvalue weighted by atomic mass is 16.4. The van der Waals surface area contributed by atoms with Crippen LogP contribution in [0.5, 0.6) is 0 Å². The van der Waals surface area contributed by atoms with Crippen LogP contribution in [-0.4, -0.2) is 53.2 Å². The molecule has 2 bridgehead atoms. The molecule has 2 saturated heterocycles. The Morgan fingerprint density at radius 3 is 2.95 bits per heavy atom. The number of fused-ring (bicyclic) bond motifs is 2. The highest BCUT2D eigenvalue weighted by Crippen LogP contribution is 2.31. The molecule has 1 aromatic heterocycles. The van der Waals surface area contributed by atoms with Crippen molar-refractivity contribution in [1.82, 2.24) is 9.88 Å². The van der Waals surface area contributed by atoms with Gasteiger partial charge in [0.15, 0.2) is 0 Å². The zero-order valence-corrected chi connectivity index (χ0v) is 11.1. The van der Waals surface area contributed by atoms with E-state index in [0.717, 1.165) is 25.2 Å². The number of aromatic carboxylic acids is 1. The van der Waals surface area contributed by atoms with Gasteiger partial charge in [0.05, 0.1) is 17.4 Å². The summed E-state index contributed by atoms with van der Waals surface area (Å²) in [5, 5.41) is 9.29. The van der Waals surface area contributed by atoms with Gasteiger partial charge in [0.2, 0.25) is 0 Å². The van der Waals surface area contributed by atoms with Crippen LogP contribution in [-0.2, 0) is 0 Å². The third kappa shape index (κ3) is 2.18. The molecule has 2 unspecified atom stereocenters. The minimum absolute atomic E-state index is 0.357. The summed E-state index contributed by atoms with van der Waals surface area (Å²) in [4.78, 5) is 20.1. The summed E-state index contributed by atoms with van der Waals surface area (Å²) in [5.74, 6) is -0.875. The number of hydrogen-bond donors (Lipinski definition) is 1. The number of hydrogen-bond acceptors (Lipinski definition) is 4. The lowest BCUT2D eigenvalue weighted by molar-refractivity contribution is 0.0697. The van der Waals surface area contributed by atoms with Crippen LogP contribution in [0.25, 0.3) is 0 Å². The number of likely N-dealkylation sites (N-methyl/N-ethyl adjacent to an activating group) is 1. The summed E-state index contributed by atoms with van der Waals surface area (Å²) in [6.07, 6.45) is 6.81. The fourth-order valence-corrected chi connectivity index (χ4v) is 3.35. The molecular weight excluding hydrogens is 242 g/mol. The van der Waals surface area contributed by atoms with E-state index in [9.17, 15) is 9.90 Å². The van der Waals surface area contributed by atoms with E-state index in [-0.39, 0.29) is 0 Å². The first-order valence-electron chi connectivity index (χ1n) is 6.81. The minimum atomic E-state index is -0.875. The zero-order valence-electron chi connectivity index (χ0n) is 11.1. The lowest BCUT2D eigenvalue weighted by atomic mass is 10.1. The second-order valence-corrected chi connectivity index (χ2v) is 5.48. The summed E-state index contributed by atoms with van der Waals surface area (Å²) in [7, 11) is 2.19. The number of pyridine rings is 1. The molecule has 1 aromatic rings. The number of aromatic nitrogens is 1. The Morgan fingerprint density at radius 1 is 1.37 bits per heavy atom. The van der Waals surface area contributed by atoms with Crippen LogP contribution >= 0.6 is 0 Å². The van der Waals surface area contributed by atoms with Gasteiger partial charge < -0.3 is 10.0 Å². The molecule has 102 valence electrons. The summed E-state index contributed by atoms with van der Waals surface area (Å²) < 4.78 is 0. The van der Waals surface area contributed by atoms with Crippen molar-refractivity contribution in [3.8, 4) is 0 Å². The second kappa shape index (κ2) is 4.81. The first-order valence-corrected chi connectivity index (χ1v) is 6.81. The van der Waals surface area contributed by atoms with E-state index >= 15 is 0 Å². The summed E-state index contributed by atoms with van der Waals surface area (Å²) in [6, 6.07) is 2.78. The van der Waals surface area contributed by atoms with Crippen molar-refractivity contribution in [1.29, 1.82) is 0 Å². The summed E-state index contributed by atoms with van der Waals surface area (Å²) in [6.45, 7) is 1.82. The molecule has 1 N–H and O–H groups in total. The van der Waals surface area contributed by atoms with Gasteiger partial charge in [-0.05, 0) is 32.4 Å². The molecule has 3 rings (SSSR count). The molecule has 0 aromatic carbocycles. The van der Waals surface area contributed by atoms with Crippen molar-refractivity contribution >= 4 is 11.7 Å². The largest absolute Gasteiger partial charge is 0.478 e. The number of carboxylic acid groups (broad SMARTS) is 1. The molecule has 0 aliphatic carbocycles. The molecule has 0 spiro atoms. The lowest BCUT2D eigenvalue weighted by Gasteiger charge is -2.28. The van der Waals surface area contributed by atoms with Crippen LogP contribution in [0.2, 0.25) is 0 Å². The van der Waals surface area contributed by atoms with E-state index in [1.807, 2.05) is 0 Å². The predicted molar refractivity (Wildman–Crippen MR) is 72.6 cm³/mol. The van der Waals surface area contributed by atoms with Gasteiger partial charge in [-0.25, -0.2) is 4.79 Å². The average Bonchev–Trinajstić information content (AvgIpc) is 2.63. The fraction of sp³-hybridized carbons (Fsp3) is 0.571. The second-order valence-electron chi connectivity index (χ2n) is 5.48. The Kier molecular flexibility index (Phi) is 3.14. The van der Waals surface area contributed by atoms with Crippen LogP contribution in [0, 0.1) is 0 Å². The molecule has 0 saturated carbocycles. The molecule has 3 heterocycles. The monoisotopic (exact) mass is 261 g/mol. The van der Waals surface area contributed by atoms with Crippen LogP contribution in [0.15, 0.2) is 18.5 Å². The van der Waals surface area contributed by atoms with Crippen LogP contribution in [0.3, 0.4) is 0 Å². The molecule has 0 radical (unpaired) electrons. The van der Waals surface area contributed by atoms with Gasteiger partial charge in [0.1, 0.15) is 0 Å². The minimum Gasteiger partial charge on any atom is -0.478 e. The van der Waals surface area contributed by atoms with Crippen molar-refractivity contribution in [2.75, 3.05) is 25.0 Å². The molecule has 2 fully saturated rings. The van der Waals surface area contributed by atoms with Gasteiger partial charge in [-0.1, -0.05) is 0 Å². The Hall–Kier alpha value is -1.62. The number of anilines is 1. The van der Waals surface area contributed by atoms with Crippen LogP contribution in [0.4, 0.5) is 5.69 Å². The lowest BCUT2D eigenvalue weighted by Crippen LogP contribution is -2.37. The fourth-order valence-electron chi connectivity index (χ4n) is 3.35. The maximum Gasteiger partial charge on any atom is 0.337 e. The van der Waals surface area contributed by atoms with Crippen LogP contribution in [0.1, 0.15) is 29.6 Å². The smallest absolute Gasteiger partial charge is 0.337 e. The standard InChI is InChI=1S/C14H19N3O2/c1-16-10-2-3-11(16)9-17(7-5-10)13-8-15-6-4-12(13)14(18)19/h4,6,8,10-11H,2-3,5,7,9H2,1H3,(H,18,19). The average molecular weight is 261 g/mol. The molecule has 0 amide bonds. The van der Waals surface area contributed by atoms with E-state index in [1.165, 1.54) is 12.8 Å². The third-order valence-corrected chi connectivity index (χ3v) is 4.52. The third-order valence-electron chi connectivity index (χ3n) is 4.52. The molecule has 2 atom stereocenters. The highest BCUT2D eigenvalue weighted by Gasteiger charge is 2.35. The van der Waals surface area contributed by atoms with Crippen molar-refractivity contribution in [3.63, 3.8) is 0 Å². The SMILES string of the molecule is CN1C2CCC1CN(c1cnccc1C(=O)O)CC2. The first-order chi connectivity index (χ1) is 9.16. The molecule has 2 aliphatic rings. The Bertz CT molecular complexity index is 491. The molecule has 5 nitrogen and oxygen atoms in total. The van der Waals surface area contributed by atoms with Gasteiger partial charge in [0, 0.05) is 31.4 Å². The quantitative estimate of drug-likeness (QED) is 0.873. The van der Waals surface area contributed by atoms with Crippen molar-refractivity contribution in [2.45, 2.75) is 31.3 Å². The topological polar surface area (TPSA) is 56.7 Å². The summed E-state index contributed by atoms with van der Waals surface area (Å²) >= 11 is 0. The van der Waals surface area contributed by atoms with Gasteiger partial charge in [-0.15, -0.1) is 0 Å². The van der Waals surface area contributed by atoms with E-state index < -0.39 is 5.97 Å². The summed E-state index contributed by atoms with van der Waals surface area (Å²) in [5.41, 5.74) is 1.12. The van der Waals surface area contributed by atoms with Crippen molar-refractivity contribution < 1.29 is 9.90 Å². The molecular formula is C14H19N3O2. The van der Waals surface area contributed by atoms with E-state index in [4.69, 9.17) is 0 Å². The molecule has 5 heteroatoms. The molecule has 2 aliphatic heterocycles. The highest BCUT2D eigenvalue weighted by molar-refractivity contribution is 5.94. The van der Waals surface area contributed by atoms with Gasteiger partial charge >= 0.3 is 5.97 Å². The normalized spacial score (nSPS) is 27.3.